The van der Waals surface area contributed by atoms with Crippen molar-refractivity contribution in [3.63, 3.8) is 0 Å². The van der Waals surface area contributed by atoms with E-state index in [0.717, 1.165) is 24.2 Å². The number of piperidine rings is 1. The molecular formula is C19H27N5O. The van der Waals surface area contributed by atoms with Crippen molar-refractivity contribution in [2.45, 2.75) is 37.6 Å². The van der Waals surface area contributed by atoms with Crippen LogP contribution in [0.3, 0.4) is 0 Å². The maximum Gasteiger partial charge on any atom is 0.253 e. The zero-order valence-electron chi connectivity index (χ0n) is 15.0. The van der Waals surface area contributed by atoms with Crippen LogP contribution < -0.4 is 5.32 Å². The Morgan fingerprint density at radius 2 is 2.16 bits per heavy atom. The molecule has 1 amide bonds. The van der Waals surface area contributed by atoms with Gasteiger partial charge >= 0.3 is 0 Å². The number of hydrogen-bond acceptors (Lipinski definition) is 3. The zero-order valence-corrected chi connectivity index (χ0v) is 15.0. The first-order valence-corrected chi connectivity index (χ1v) is 9.28. The average molecular weight is 341 g/mol. The average Bonchev–Trinajstić information content (AvgIpc) is 3.17. The molecule has 2 atom stereocenters. The number of aromatic amines is 1. The highest BCUT2D eigenvalue weighted by atomic mass is 16.1. The van der Waals surface area contributed by atoms with Crippen LogP contribution in [-0.4, -0.2) is 45.7 Å². The minimum Gasteiger partial charge on any atom is -0.364 e. The fraction of sp³-hybridized carbons (Fsp3) is 0.579. The van der Waals surface area contributed by atoms with Gasteiger partial charge in [0.25, 0.3) is 5.91 Å². The van der Waals surface area contributed by atoms with Crippen molar-refractivity contribution in [1.82, 2.24) is 25.0 Å². The summed E-state index contributed by atoms with van der Waals surface area (Å²) >= 11 is 0. The van der Waals surface area contributed by atoms with E-state index in [1.165, 1.54) is 25.0 Å². The number of aromatic nitrogens is 3. The summed E-state index contributed by atoms with van der Waals surface area (Å²) in [5, 5.41) is 7.53. The van der Waals surface area contributed by atoms with E-state index >= 15 is 0 Å². The van der Waals surface area contributed by atoms with Gasteiger partial charge in [-0.3, -0.25) is 14.4 Å². The molecule has 4 rings (SSSR count). The number of nitrogens with one attached hydrogen (secondary N) is 2. The smallest absolute Gasteiger partial charge is 0.253 e. The molecule has 0 aromatic carbocycles. The number of aryl methyl sites for hydroxylation is 1. The molecule has 3 heterocycles. The lowest BCUT2D eigenvalue weighted by Crippen LogP contribution is -2.42. The predicted octanol–water partition coefficient (Wildman–Crippen LogP) is 2.44. The van der Waals surface area contributed by atoms with Crippen LogP contribution in [0.5, 0.6) is 0 Å². The number of hydrogen-bond donors (Lipinski definition) is 2. The fourth-order valence-corrected chi connectivity index (χ4v) is 4.22. The van der Waals surface area contributed by atoms with E-state index in [2.05, 4.69) is 33.4 Å². The number of likely N-dealkylation sites (tertiary alicyclic amines) is 1. The van der Waals surface area contributed by atoms with Crippen molar-refractivity contribution in [1.29, 1.82) is 0 Å². The summed E-state index contributed by atoms with van der Waals surface area (Å²) in [5.41, 5.74) is 3.16. The van der Waals surface area contributed by atoms with Gasteiger partial charge in [0.2, 0.25) is 0 Å². The second-order valence-corrected chi connectivity index (χ2v) is 7.50. The van der Waals surface area contributed by atoms with Crippen LogP contribution in [0.2, 0.25) is 0 Å². The third kappa shape index (κ3) is 3.23. The van der Waals surface area contributed by atoms with Crippen molar-refractivity contribution in [3.05, 3.63) is 41.5 Å². The van der Waals surface area contributed by atoms with E-state index in [1.54, 1.807) is 0 Å². The van der Waals surface area contributed by atoms with Crippen LogP contribution in [0.15, 0.2) is 24.5 Å². The van der Waals surface area contributed by atoms with Gasteiger partial charge < -0.3 is 10.3 Å². The first kappa shape index (κ1) is 16.4. The summed E-state index contributed by atoms with van der Waals surface area (Å²) in [6, 6.07) is 4.31. The van der Waals surface area contributed by atoms with E-state index in [-0.39, 0.29) is 5.91 Å². The Hall–Kier alpha value is -2.08. The van der Waals surface area contributed by atoms with Crippen LogP contribution in [0, 0.1) is 5.92 Å². The maximum atomic E-state index is 12.7. The third-order valence-corrected chi connectivity index (χ3v) is 5.70. The number of nitrogens with zero attached hydrogens (tertiary/aromatic N) is 3. The molecule has 0 radical (unpaired) electrons. The summed E-state index contributed by atoms with van der Waals surface area (Å²) in [4.78, 5) is 18.3. The van der Waals surface area contributed by atoms with Gasteiger partial charge in [0.05, 0.1) is 17.3 Å². The van der Waals surface area contributed by atoms with Gasteiger partial charge in [0.15, 0.2) is 0 Å². The van der Waals surface area contributed by atoms with Gasteiger partial charge in [0, 0.05) is 31.7 Å². The van der Waals surface area contributed by atoms with Crippen molar-refractivity contribution in [2.24, 2.45) is 13.0 Å². The van der Waals surface area contributed by atoms with E-state index in [9.17, 15) is 4.79 Å². The van der Waals surface area contributed by atoms with Crippen molar-refractivity contribution < 1.29 is 4.79 Å². The Bertz CT molecular complexity index is 745. The monoisotopic (exact) mass is 341 g/mol. The maximum absolute atomic E-state index is 12.7. The van der Waals surface area contributed by atoms with Crippen LogP contribution in [-0.2, 0) is 7.05 Å². The summed E-state index contributed by atoms with van der Waals surface area (Å²) in [7, 11) is 4.16. The Morgan fingerprint density at radius 3 is 2.88 bits per heavy atom. The molecule has 1 saturated carbocycles. The zero-order chi connectivity index (χ0) is 17.4. The summed E-state index contributed by atoms with van der Waals surface area (Å²) < 4.78 is 1.96. The molecule has 1 aliphatic heterocycles. The fourth-order valence-electron chi connectivity index (χ4n) is 4.22. The molecule has 2 N–H and O–H groups in total. The van der Waals surface area contributed by atoms with E-state index in [1.807, 2.05) is 30.2 Å². The SMILES string of the molecule is CN1CCC[C@@H](CNC(=O)c2cc[nH]c2C2CC2)[C@@H]1c1ccnn1C. The quantitative estimate of drug-likeness (QED) is 0.878. The molecular weight excluding hydrogens is 314 g/mol. The van der Waals surface area contributed by atoms with Gasteiger partial charge in [-0.25, -0.2) is 0 Å². The van der Waals surface area contributed by atoms with Crippen molar-refractivity contribution in [3.8, 4) is 0 Å². The molecule has 0 spiro atoms. The first-order chi connectivity index (χ1) is 12.1. The van der Waals surface area contributed by atoms with Crippen molar-refractivity contribution in [2.75, 3.05) is 20.1 Å². The van der Waals surface area contributed by atoms with Crippen LogP contribution in [0.4, 0.5) is 0 Å². The molecule has 0 unspecified atom stereocenters. The molecule has 6 nitrogen and oxygen atoms in total. The largest absolute Gasteiger partial charge is 0.364 e. The molecule has 2 aliphatic rings. The van der Waals surface area contributed by atoms with Crippen molar-refractivity contribution >= 4 is 5.91 Å². The highest BCUT2D eigenvalue weighted by Gasteiger charge is 2.33. The molecule has 6 heteroatoms. The van der Waals surface area contributed by atoms with Gasteiger partial charge in [0.1, 0.15) is 0 Å². The summed E-state index contributed by atoms with van der Waals surface area (Å²) in [6.07, 6.45) is 8.42. The standard InChI is InChI=1S/C19H27N5O/c1-23-11-3-4-14(18(23)16-8-10-22-24(16)2)12-21-19(25)15-7-9-20-17(15)13-5-6-13/h7-10,13-14,18,20H,3-6,11-12H2,1-2H3,(H,21,25)/t14-,18+/m0/s1. The van der Waals surface area contributed by atoms with Crippen LogP contribution >= 0.6 is 0 Å². The Kier molecular flexibility index (Phi) is 4.37. The molecule has 0 bridgehead atoms. The number of carbonyl (C=O) groups excluding carboxylic acids is 1. The minimum atomic E-state index is 0.0557. The number of amides is 1. The van der Waals surface area contributed by atoms with E-state index < -0.39 is 0 Å². The summed E-state index contributed by atoms with van der Waals surface area (Å²) in [5.74, 6) is 1.01. The highest BCUT2D eigenvalue weighted by molar-refractivity contribution is 5.95. The number of rotatable bonds is 5. The number of carbonyl (C=O) groups is 1. The van der Waals surface area contributed by atoms with Crippen LogP contribution in [0.25, 0.3) is 0 Å². The molecule has 1 saturated heterocycles. The topological polar surface area (TPSA) is 66.0 Å². The lowest BCUT2D eigenvalue weighted by Gasteiger charge is -2.39. The second-order valence-electron chi connectivity index (χ2n) is 7.50. The highest BCUT2D eigenvalue weighted by Crippen LogP contribution is 2.40. The molecule has 1 aliphatic carbocycles. The Morgan fingerprint density at radius 1 is 1.32 bits per heavy atom. The molecule has 2 fully saturated rings. The van der Waals surface area contributed by atoms with E-state index in [0.29, 0.717) is 24.4 Å². The van der Waals surface area contributed by atoms with Gasteiger partial charge in [-0.15, -0.1) is 0 Å². The number of H-pyrrole nitrogens is 1. The van der Waals surface area contributed by atoms with E-state index in [4.69, 9.17) is 0 Å². The molecule has 2 aromatic rings. The Labute approximate surface area is 148 Å². The Balaban J connectivity index is 1.46. The molecule has 2 aromatic heterocycles. The minimum absolute atomic E-state index is 0.0557. The predicted molar refractivity (Wildman–Crippen MR) is 96.4 cm³/mol. The normalized spacial score (nSPS) is 24.4. The molecule has 25 heavy (non-hydrogen) atoms. The summed E-state index contributed by atoms with van der Waals surface area (Å²) in [6.45, 7) is 1.79. The second kappa shape index (κ2) is 6.67. The van der Waals surface area contributed by atoms with Gasteiger partial charge in [-0.2, -0.15) is 5.10 Å². The third-order valence-electron chi connectivity index (χ3n) is 5.70. The lowest BCUT2D eigenvalue weighted by atomic mass is 9.87. The lowest BCUT2D eigenvalue weighted by molar-refractivity contribution is 0.0879. The molecule has 134 valence electrons. The van der Waals surface area contributed by atoms with Crippen LogP contribution in [0.1, 0.15) is 59.4 Å². The first-order valence-electron chi connectivity index (χ1n) is 9.28. The van der Waals surface area contributed by atoms with Gasteiger partial charge in [-0.1, -0.05) is 0 Å². The van der Waals surface area contributed by atoms with Gasteiger partial charge in [-0.05, 0) is 63.2 Å².